The second-order valence-electron chi connectivity index (χ2n) is 3.03. The third-order valence-corrected chi connectivity index (χ3v) is 1.92. The van der Waals surface area contributed by atoms with Gasteiger partial charge in [0.2, 0.25) is 0 Å². The molecule has 0 aliphatic carbocycles. The second kappa shape index (κ2) is 5.12. The maximum atomic E-state index is 10.6. The van der Waals surface area contributed by atoms with Crippen molar-refractivity contribution in [3.8, 4) is 6.07 Å². The normalized spacial score (nSPS) is 9.87. The molecule has 2 N–H and O–H groups in total. The highest BCUT2D eigenvalue weighted by atomic mass is 16.4. The lowest BCUT2D eigenvalue weighted by atomic mass is 10.3. The summed E-state index contributed by atoms with van der Waals surface area (Å²) < 4.78 is 1.52. The highest BCUT2D eigenvalue weighted by Crippen LogP contribution is 2.02. The van der Waals surface area contributed by atoms with Crippen LogP contribution in [0.15, 0.2) is 6.07 Å². The van der Waals surface area contributed by atoms with E-state index in [-0.39, 0.29) is 5.69 Å². The number of aromatic carboxylic acids is 1. The third-order valence-electron chi connectivity index (χ3n) is 1.92. The van der Waals surface area contributed by atoms with Crippen molar-refractivity contribution in [2.75, 3.05) is 6.54 Å². The Hall–Kier alpha value is -1.87. The molecule has 0 aromatic carbocycles. The van der Waals surface area contributed by atoms with E-state index in [1.807, 2.05) is 6.07 Å². The molecule has 0 atom stereocenters. The van der Waals surface area contributed by atoms with Crippen LogP contribution in [-0.4, -0.2) is 27.4 Å². The van der Waals surface area contributed by atoms with E-state index in [0.717, 1.165) is 5.69 Å². The number of nitrogens with one attached hydrogen (secondary N) is 1. The lowest BCUT2D eigenvalue weighted by molar-refractivity contribution is 0.0689. The summed E-state index contributed by atoms with van der Waals surface area (Å²) in [5.41, 5.74) is 0.819. The van der Waals surface area contributed by atoms with Gasteiger partial charge in [-0.15, -0.1) is 0 Å². The molecule has 0 aliphatic heterocycles. The van der Waals surface area contributed by atoms with Gasteiger partial charge in [-0.05, 0) is 6.07 Å². The first-order valence-electron chi connectivity index (χ1n) is 4.49. The van der Waals surface area contributed by atoms with Crippen LogP contribution in [0.1, 0.15) is 22.6 Å². The number of carboxylic acid groups (broad SMARTS) is 1. The maximum Gasteiger partial charge on any atom is 0.356 e. The lowest BCUT2D eigenvalue weighted by Crippen LogP contribution is -2.16. The number of hydrogen-bond donors (Lipinski definition) is 2. The summed E-state index contributed by atoms with van der Waals surface area (Å²) in [5.74, 6) is -1.03. The van der Waals surface area contributed by atoms with Crippen molar-refractivity contribution in [1.82, 2.24) is 15.1 Å². The molecule has 1 rings (SSSR count). The van der Waals surface area contributed by atoms with Crippen LogP contribution in [0.25, 0.3) is 0 Å². The molecule has 0 unspecified atom stereocenters. The molecule has 1 aromatic rings. The summed E-state index contributed by atoms with van der Waals surface area (Å²) >= 11 is 0. The Bertz CT molecular complexity index is 391. The Morgan fingerprint density at radius 3 is 3.07 bits per heavy atom. The minimum absolute atomic E-state index is 0.0367. The number of aryl methyl sites for hydroxylation is 1. The number of nitrogens with zero attached hydrogens (tertiary/aromatic N) is 3. The van der Waals surface area contributed by atoms with E-state index in [0.29, 0.717) is 19.5 Å². The molecule has 15 heavy (non-hydrogen) atoms. The number of carbonyl (C=O) groups is 1. The van der Waals surface area contributed by atoms with Crippen LogP contribution in [0, 0.1) is 11.3 Å². The first-order valence-corrected chi connectivity index (χ1v) is 4.49. The smallest absolute Gasteiger partial charge is 0.356 e. The molecule has 6 heteroatoms. The van der Waals surface area contributed by atoms with Gasteiger partial charge in [0.05, 0.1) is 11.8 Å². The number of aromatic nitrogens is 2. The van der Waals surface area contributed by atoms with Gasteiger partial charge >= 0.3 is 5.97 Å². The molecule has 0 amide bonds. The SMILES string of the molecule is Cn1nc(C(=O)O)cc1CNCCC#N. The van der Waals surface area contributed by atoms with Crippen molar-refractivity contribution < 1.29 is 9.90 Å². The van der Waals surface area contributed by atoms with Gasteiger partial charge < -0.3 is 10.4 Å². The number of hydrogen-bond acceptors (Lipinski definition) is 4. The van der Waals surface area contributed by atoms with E-state index in [2.05, 4.69) is 10.4 Å². The minimum Gasteiger partial charge on any atom is -0.476 e. The second-order valence-corrected chi connectivity index (χ2v) is 3.03. The molecule has 1 aromatic heterocycles. The zero-order valence-electron chi connectivity index (χ0n) is 8.40. The molecule has 0 saturated heterocycles. The highest BCUT2D eigenvalue weighted by Gasteiger charge is 2.10. The van der Waals surface area contributed by atoms with Gasteiger partial charge in [-0.1, -0.05) is 0 Å². The fourth-order valence-corrected chi connectivity index (χ4v) is 1.14. The van der Waals surface area contributed by atoms with Gasteiger partial charge in [0.15, 0.2) is 5.69 Å². The van der Waals surface area contributed by atoms with Crippen LogP contribution in [0.5, 0.6) is 0 Å². The van der Waals surface area contributed by atoms with Crippen molar-refractivity contribution in [1.29, 1.82) is 5.26 Å². The van der Waals surface area contributed by atoms with Crippen LogP contribution in [-0.2, 0) is 13.6 Å². The molecule has 0 bridgehead atoms. The zero-order valence-corrected chi connectivity index (χ0v) is 8.40. The number of nitriles is 1. The van der Waals surface area contributed by atoms with Gasteiger partial charge in [-0.2, -0.15) is 10.4 Å². The lowest BCUT2D eigenvalue weighted by Gasteiger charge is -2.01. The molecule has 0 aliphatic rings. The van der Waals surface area contributed by atoms with Gasteiger partial charge in [0.1, 0.15) is 0 Å². The van der Waals surface area contributed by atoms with Crippen LogP contribution in [0.3, 0.4) is 0 Å². The molecular formula is C9H12N4O2. The van der Waals surface area contributed by atoms with Crippen LogP contribution < -0.4 is 5.32 Å². The van der Waals surface area contributed by atoms with E-state index in [4.69, 9.17) is 10.4 Å². The van der Waals surface area contributed by atoms with Crippen molar-refractivity contribution in [2.24, 2.45) is 7.05 Å². The van der Waals surface area contributed by atoms with Gasteiger partial charge in [0.25, 0.3) is 0 Å². The van der Waals surface area contributed by atoms with Gasteiger partial charge in [-0.25, -0.2) is 4.79 Å². The van der Waals surface area contributed by atoms with Gasteiger partial charge in [0, 0.05) is 26.6 Å². The Morgan fingerprint density at radius 2 is 2.53 bits per heavy atom. The van der Waals surface area contributed by atoms with Crippen molar-refractivity contribution in [3.05, 3.63) is 17.5 Å². The summed E-state index contributed by atoms with van der Waals surface area (Å²) in [7, 11) is 1.69. The summed E-state index contributed by atoms with van der Waals surface area (Å²) in [5, 5.41) is 23.8. The summed E-state index contributed by atoms with van der Waals surface area (Å²) in [6.45, 7) is 1.10. The molecule has 6 nitrogen and oxygen atoms in total. The van der Waals surface area contributed by atoms with E-state index < -0.39 is 5.97 Å². The molecule has 80 valence electrons. The first kappa shape index (κ1) is 11.2. The molecule has 1 heterocycles. The van der Waals surface area contributed by atoms with Crippen LogP contribution in [0.4, 0.5) is 0 Å². The Morgan fingerprint density at radius 1 is 1.80 bits per heavy atom. The standard InChI is InChI=1S/C9H12N4O2/c1-13-7(6-11-4-2-3-10)5-8(12-13)9(14)15/h5,11H,2,4,6H2,1H3,(H,14,15). The van der Waals surface area contributed by atoms with Crippen molar-refractivity contribution >= 4 is 5.97 Å². The fraction of sp³-hybridized carbons (Fsp3) is 0.444. The van der Waals surface area contributed by atoms with E-state index >= 15 is 0 Å². The summed E-state index contributed by atoms with van der Waals surface area (Å²) in [6.07, 6.45) is 0.434. The van der Waals surface area contributed by atoms with Gasteiger partial charge in [-0.3, -0.25) is 4.68 Å². The number of carboxylic acids is 1. The predicted molar refractivity (Wildman–Crippen MR) is 52.1 cm³/mol. The average molecular weight is 208 g/mol. The molecule has 0 spiro atoms. The zero-order chi connectivity index (χ0) is 11.3. The molecule has 0 fully saturated rings. The minimum atomic E-state index is -1.03. The van der Waals surface area contributed by atoms with Crippen LogP contribution in [0.2, 0.25) is 0 Å². The largest absolute Gasteiger partial charge is 0.476 e. The summed E-state index contributed by atoms with van der Waals surface area (Å²) in [6, 6.07) is 3.53. The fourth-order valence-electron chi connectivity index (χ4n) is 1.14. The predicted octanol–water partition coefficient (Wildman–Crippen LogP) is 0.122. The van der Waals surface area contributed by atoms with E-state index in [9.17, 15) is 4.79 Å². The van der Waals surface area contributed by atoms with Crippen molar-refractivity contribution in [2.45, 2.75) is 13.0 Å². The third kappa shape index (κ3) is 3.07. The van der Waals surface area contributed by atoms with Crippen LogP contribution >= 0.6 is 0 Å². The molecule has 0 radical (unpaired) electrons. The van der Waals surface area contributed by atoms with E-state index in [1.165, 1.54) is 10.7 Å². The highest BCUT2D eigenvalue weighted by molar-refractivity contribution is 5.85. The number of rotatable bonds is 5. The van der Waals surface area contributed by atoms with E-state index in [1.54, 1.807) is 7.05 Å². The Kier molecular flexibility index (Phi) is 3.83. The topological polar surface area (TPSA) is 90.9 Å². The Balaban J connectivity index is 2.54. The average Bonchev–Trinajstić information content (AvgIpc) is 2.55. The summed E-state index contributed by atoms with van der Waals surface area (Å²) in [4.78, 5) is 10.6. The first-order chi connectivity index (χ1) is 7.15. The monoisotopic (exact) mass is 208 g/mol. The Labute approximate surface area is 87.1 Å². The van der Waals surface area contributed by atoms with Crippen molar-refractivity contribution in [3.63, 3.8) is 0 Å². The molecule has 0 saturated carbocycles. The quantitative estimate of drug-likeness (QED) is 0.671. The maximum absolute atomic E-state index is 10.6. The molecular weight excluding hydrogens is 196 g/mol.